The molecule has 0 amide bonds. The first-order valence-corrected chi connectivity index (χ1v) is 13.0. The summed E-state index contributed by atoms with van der Waals surface area (Å²) >= 11 is 22.3. The number of hydrogen-bond donors (Lipinski definition) is 1. The first-order chi connectivity index (χ1) is 16.4. The zero-order valence-electron chi connectivity index (χ0n) is 18.7. The van der Waals surface area contributed by atoms with Gasteiger partial charge in [0.2, 0.25) is 0 Å². The molecule has 0 saturated heterocycles. The minimum atomic E-state index is 0.127. The molecule has 0 bridgehead atoms. The van der Waals surface area contributed by atoms with E-state index < -0.39 is 0 Å². The van der Waals surface area contributed by atoms with Crippen LogP contribution >= 0.6 is 50.7 Å². The zero-order chi connectivity index (χ0) is 24.0. The van der Waals surface area contributed by atoms with E-state index in [1.165, 1.54) is 5.56 Å². The maximum atomic E-state index is 6.39. The largest absolute Gasteiger partial charge is 0.493 e. The highest BCUT2D eigenvalue weighted by molar-refractivity contribution is 9.10. The molecule has 0 aromatic heterocycles. The summed E-state index contributed by atoms with van der Waals surface area (Å²) in [5, 5.41) is 5.61. The summed E-state index contributed by atoms with van der Waals surface area (Å²) in [6, 6.07) is 13.9. The third kappa shape index (κ3) is 4.42. The van der Waals surface area contributed by atoms with Gasteiger partial charge in [0.1, 0.15) is 6.61 Å². The second-order valence-electron chi connectivity index (χ2n) is 8.73. The normalized spacial score (nSPS) is 20.5. The lowest BCUT2D eigenvalue weighted by atomic mass is 9.76. The molecule has 1 aliphatic carbocycles. The number of allylic oxidation sites excluding steroid dienone is 2. The molecule has 0 radical (unpaired) electrons. The molecular weight excluding hydrogens is 557 g/mol. The smallest absolute Gasteiger partial charge is 0.175 e. The van der Waals surface area contributed by atoms with E-state index in [0.29, 0.717) is 40.0 Å². The average molecular weight is 580 g/mol. The number of rotatable bonds is 5. The monoisotopic (exact) mass is 577 g/mol. The predicted octanol–water partition coefficient (Wildman–Crippen LogP) is 9.13. The Morgan fingerprint density at radius 1 is 1.06 bits per heavy atom. The molecule has 7 heteroatoms. The van der Waals surface area contributed by atoms with Crippen molar-refractivity contribution in [2.75, 3.05) is 12.4 Å². The van der Waals surface area contributed by atoms with Crippen LogP contribution in [0.4, 0.5) is 5.69 Å². The molecule has 0 saturated carbocycles. The van der Waals surface area contributed by atoms with Crippen LogP contribution in [0.15, 0.2) is 59.1 Å². The van der Waals surface area contributed by atoms with Crippen LogP contribution < -0.4 is 14.8 Å². The number of aryl methyl sites for hydroxylation is 1. The molecule has 1 aliphatic heterocycles. The van der Waals surface area contributed by atoms with Gasteiger partial charge in [-0.2, -0.15) is 0 Å². The minimum absolute atomic E-state index is 0.127. The third-order valence-corrected chi connectivity index (χ3v) is 8.16. The maximum Gasteiger partial charge on any atom is 0.175 e. The molecule has 2 aliphatic rings. The number of nitrogens with one attached hydrogen (secondary N) is 1. The van der Waals surface area contributed by atoms with Crippen molar-refractivity contribution < 1.29 is 9.47 Å². The zero-order valence-corrected chi connectivity index (χ0v) is 22.5. The molecule has 5 rings (SSSR count). The first kappa shape index (κ1) is 23.9. The molecule has 1 heterocycles. The number of ether oxygens (including phenoxy) is 2. The van der Waals surface area contributed by atoms with Gasteiger partial charge in [-0.15, -0.1) is 0 Å². The number of benzene rings is 3. The van der Waals surface area contributed by atoms with E-state index in [-0.39, 0.29) is 6.04 Å². The van der Waals surface area contributed by atoms with Crippen molar-refractivity contribution in [3.8, 4) is 11.5 Å². The molecule has 34 heavy (non-hydrogen) atoms. The lowest BCUT2D eigenvalue weighted by Gasteiger charge is -2.38. The Kier molecular flexibility index (Phi) is 6.78. The fourth-order valence-electron chi connectivity index (χ4n) is 5.02. The summed E-state index contributed by atoms with van der Waals surface area (Å²) in [4.78, 5) is 0. The Balaban J connectivity index is 1.46. The van der Waals surface area contributed by atoms with E-state index in [4.69, 9.17) is 44.3 Å². The average Bonchev–Trinajstić information content (AvgIpc) is 3.30. The Labute approximate surface area is 223 Å². The summed E-state index contributed by atoms with van der Waals surface area (Å²) in [5.74, 6) is 2.05. The third-order valence-electron chi connectivity index (χ3n) is 6.61. The van der Waals surface area contributed by atoms with Crippen LogP contribution in [0.1, 0.15) is 40.6 Å². The van der Waals surface area contributed by atoms with Crippen LogP contribution in [0.3, 0.4) is 0 Å². The van der Waals surface area contributed by atoms with Crippen LogP contribution in [0.5, 0.6) is 11.5 Å². The van der Waals surface area contributed by atoms with Gasteiger partial charge in [-0.25, -0.2) is 0 Å². The Morgan fingerprint density at radius 2 is 1.88 bits per heavy atom. The van der Waals surface area contributed by atoms with Gasteiger partial charge in [-0.3, -0.25) is 0 Å². The van der Waals surface area contributed by atoms with Crippen LogP contribution in [0.25, 0.3) is 0 Å². The van der Waals surface area contributed by atoms with E-state index in [1.807, 2.05) is 18.2 Å². The van der Waals surface area contributed by atoms with Crippen molar-refractivity contribution in [3.63, 3.8) is 0 Å². The van der Waals surface area contributed by atoms with E-state index in [1.54, 1.807) is 13.2 Å². The van der Waals surface area contributed by atoms with E-state index >= 15 is 0 Å². The summed E-state index contributed by atoms with van der Waals surface area (Å²) in [6.45, 7) is 2.44. The van der Waals surface area contributed by atoms with Crippen LogP contribution in [-0.4, -0.2) is 7.11 Å². The summed E-state index contributed by atoms with van der Waals surface area (Å²) in [6.07, 6.45) is 5.59. The summed E-state index contributed by atoms with van der Waals surface area (Å²) in [7, 11) is 1.66. The van der Waals surface area contributed by atoms with Gasteiger partial charge < -0.3 is 14.8 Å². The van der Waals surface area contributed by atoms with Gasteiger partial charge >= 0.3 is 0 Å². The molecule has 3 atom stereocenters. The van der Waals surface area contributed by atoms with Crippen molar-refractivity contribution in [2.45, 2.75) is 31.9 Å². The molecule has 3 aromatic rings. The highest BCUT2D eigenvalue weighted by Gasteiger charge is 2.39. The van der Waals surface area contributed by atoms with Gasteiger partial charge in [0, 0.05) is 16.6 Å². The van der Waals surface area contributed by atoms with E-state index in [9.17, 15) is 0 Å². The van der Waals surface area contributed by atoms with Gasteiger partial charge in [-0.05, 0) is 93.8 Å². The van der Waals surface area contributed by atoms with Gasteiger partial charge in [0.25, 0.3) is 0 Å². The molecule has 176 valence electrons. The van der Waals surface area contributed by atoms with Gasteiger partial charge in [0.15, 0.2) is 11.5 Å². The summed E-state index contributed by atoms with van der Waals surface area (Å²) < 4.78 is 12.7. The number of fused-ring (bicyclic) bond motifs is 3. The fourth-order valence-corrected chi connectivity index (χ4v) is 6.19. The maximum absolute atomic E-state index is 6.39. The number of halogens is 4. The van der Waals surface area contributed by atoms with Crippen molar-refractivity contribution in [1.82, 2.24) is 0 Å². The standard InChI is InChI=1S/C27H23BrCl3NO2/c1-14-8-17(29)12-20-18-4-3-5-19(18)26(32-25(14)20)16-10-21(28)27(24(11-16)33-2)34-13-15-6-7-22(30)23(31)9-15/h3-4,6-12,18-19,26,32H,5,13H2,1-2H3/t18-,19+,26-/m0/s1. The van der Waals surface area contributed by atoms with Crippen molar-refractivity contribution in [2.24, 2.45) is 5.92 Å². The number of anilines is 1. The fraction of sp³-hybridized carbons (Fsp3) is 0.259. The lowest BCUT2D eigenvalue weighted by molar-refractivity contribution is 0.282. The van der Waals surface area contributed by atoms with Crippen molar-refractivity contribution in [3.05, 3.63) is 96.4 Å². The number of hydrogen-bond acceptors (Lipinski definition) is 3. The van der Waals surface area contributed by atoms with Crippen molar-refractivity contribution in [1.29, 1.82) is 0 Å². The highest BCUT2D eigenvalue weighted by atomic mass is 79.9. The molecule has 0 unspecified atom stereocenters. The number of methoxy groups -OCH3 is 1. The lowest BCUT2D eigenvalue weighted by Crippen LogP contribution is -2.29. The van der Waals surface area contributed by atoms with Crippen LogP contribution in [-0.2, 0) is 6.61 Å². The molecule has 3 aromatic carbocycles. The topological polar surface area (TPSA) is 30.5 Å². The second kappa shape index (κ2) is 9.66. The SMILES string of the molecule is COc1cc([C@@H]2Nc3c(C)cc(Cl)cc3[C@H]3C=CC[C@H]32)cc(Br)c1OCc1ccc(Cl)c(Cl)c1. The van der Waals surface area contributed by atoms with Gasteiger partial charge in [0.05, 0.1) is 27.7 Å². The van der Waals surface area contributed by atoms with E-state index in [0.717, 1.165) is 38.3 Å². The Hall–Kier alpha value is -1.85. The van der Waals surface area contributed by atoms with E-state index in [2.05, 4.69) is 58.5 Å². The molecule has 1 N–H and O–H groups in total. The highest BCUT2D eigenvalue weighted by Crippen LogP contribution is 2.52. The predicted molar refractivity (Wildman–Crippen MR) is 144 cm³/mol. The van der Waals surface area contributed by atoms with Crippen molar-refractivity contribution >= 4 is 56.4 Å². The molecule has 0 fully saturated rings. The van der Waals surface area contributed by atoms with Gasteiger partial charge in [-0.1, -0.05) is 53.0 Å². The Morgan fingerprint density at radius 3 is 2.65 bits per heavy atom. The quantitative estimate of drug-likeness (QED) is 0.306. The molecular formula is C27H23BrCl3NO2. The summed E-state index contributed by atoms with van der Waals surface area (Å²) in [5.41, 5.74) is 5.65. The molecule has 0 spiro atoms. The second-order valence-corrected chi connectivity index (χ2v) is 10.8. The first-order valence-electron chi connectivity index (χ1n) is 11.0. The molecule has 3 nitrogen and oxygen atoms in total. The van der Waals surface area contributed by atoms with Crippen LogP contribution in [0, 0.1) is 12.8 Å². The van der Waals surface area contributed by atoms with Crippen LogP contribution in [0.2, 0.25) is 15.1 Å². The Bertz CT molecular complexity index is 1290. The minimum Gasteiger partial charge on any atom is -0.493 e.